The lowest BCUT2D eigenvalue weighted by Crippen LogP contribution is -2.22. The van der Waals surface area contributed by atoms with Gasteiger partial charge in [-0.2, -0.15) is 0 Å². The summed E-state index contributed by atoms with van der Waals surface area (Å²) in [5.74, 6) is 0.689. The maximum Gasteiger partial charge on any atom is 0.263 e. The van der Waals surface area contributed by atoms with Gasteiger partial charge in [-0.1, -0.05) is 29.8 Å². The molecule has 1 aromatic heterocycles. The number of hydrogen-bond acceptors (Lipinski definition) is 6. The minimum Gasteiger partial charge on any atom is -0.497 e. The monoisotopic (exact) mass is 439 g/mol. The van der Waals surface area contributed by atoms with Crippen LogP contribution in [0, 0.1) is 13.8 Å². The normalized spacial score (nSPS) is 10.5. The number of aryl methyl sites for hydroxylation is 2. The van der Waals surface area contributed by atoms with Crippen LogP contribution < -0.4 is 20.1 Å². The minimum absolute atomic E-state index is 0.0614. The number of anilines is 1. The molecular weight excluding hydrogens is 414 g/mol. The van der Waals surface area contributed by atoms with Crippen molar-refractivity contribution in [1.29, 1.82) is 0 Å². The maximum absolute atomic E-state index is 12.6. The molecular formula is C23H25N3O4S. The van der Waals surface area contributed by atoms with Crippen LogP contribution in [0.15, 0.2) is 42.5 Å². The largest absolute Gasteiger partial charge is 0.497 e. The molecule has 3 aromatic rings. The van der Waals surface area contributed by atoms with Gasteiger partial charge in [-0.05, 0) is 31.5 Å². The zero-order valence-corrected chi connectivity index (χ0v) is 18.8. The molecule has 0 radical (unpaired) electrons. The summed E-state index contributed by atoms with van der Waals surface area (Å²) >= 11 is 1.22. The highest BCUT2D eigenvalue weighted by Gasteiger charge is 2.18. The number of nitrogens with one attached hydrogen (secondary N) is 2. The summed E-state index contributed by atoms with van der Waals surface area (Å²) in [5, 5.41) is 6.30. The Morgan fingerprint density at radius 3 is 2.45 bits per heavy atom. The third-order valence-electron chi connectivity index (χ3n) is 4.62. The first-order valence-electron chi connectivity index (χ1n) is 9.71. The van der Waals surface area contributed by atoms with Crippen LogP contribution in [0.1, 0.15) is 31.5 Å². The Hall–Kier alpha value is -3.39. The summed E-state index contributed by atoms with van der Waals surface area (Å²) < 4.78 is 10.5. The maximum atomic E-state index is 12.6. The number of rotatable bonds is 8. The topological polar surface area (TPSA) is 89.5 Å². The third kappa shape index (κ3) is 5.82. The number of ether oxygens (including phenoxy) is 2. The van der Waals surface area contributed by atoms with Crippen LogP contribution in [0.5, 0.6) is 11.5 Å². The zero-order chi connectivity index (χ0) is 22.4. The molecule has 2 aromatic carbocycles. The lowest BCUT2D eigenvalue weighted by Gasteiger charge is -2.11. The molecule has 1 heterocycles. The van der Waals surface area contributed by atoms with Crippen LogP contribution in [-0.2, 0) is 17.8 Å². The van der Waals surface area contributed by atoms with E-state index in [2.05, 4.69) is 15.6 Å². The molecule has 8 heteroatoms. The van der Waals surface area contributed by atoms with Crippen molar-refractivity contribution >= 4 is 28.8 Å². The standard InChI is InChI=1S/C23H25N3O4S/c1-14-5-7-16(8-6-14)13-24-23(28)22-15(2)25-21(31-22)12-20(27)26-18-10-9-17(29-3)11-19(18)30-4/h5-11H,12-13H2,1-4H3,(H,24,28)(H,26,27). The zero-order valence-electron chi connectivity index (χ0n) is 17.9. The smallest absolute Gasteiger partial charge is 0.263 e. The van der Waals surface area contributed by atoms with E-state index in [1.165, 1.54) is 24.0 Å². The quantitative estimate of drug-likeness (QED) is 0.556. The number of hydrogen-bond donors (Lipinski definition) is 2. The molecule has 0 saturated heterocycles. The second kappa shape index (κ2) is 10.1. The first kappa shape index (κ1) is 22.3. The van der Waals surface area contributed by atoms with Gasteiger partial charge in [0.1, 0.15) is 21.4 Å². The van der Waals surface area contributed by atoms with Crippen molar-refractivity contribution in [2.75, 3.05) is 19.5 Å². The van der Waals surface area contributed by atoms with Crippen molar-refractivity contribution < 1.29 is 19.1 Å². The molecule has 0 spiro atoms. The van der Waals surface area contributed by atoms with Crippen molar-refractivity contribution in [3.8, 4) is 11.5 Å². The molecule has 7 nitrogen and oxygen atoms in total. The highest BCUT2D eigenvalue weighted by Crippen LogP contribution is 2.29. The lowest BCUT2D eigenvalue weighted by molar-refractivity contribution is -0.115. The van der Waals surface area contributed by atoms with Crippen LogP contribution in [0.2, 0.25) is 0 Å². The number of methoxy groups -OCH3 is 2. The van der Waals surface area contributed by atoms with Crippen molar-refractivity contribution in [2.45, 2.75) is 26.8 Å². The molecule has 31 heavy (non-hydrogen) atoms. The fraction of sp³-hybridized carbons (Fsp3) is 0.261. The summed E-state index contributed by atoms with van der Waals surface area (Å²) in [6.07, 6.45) is 0.0614. The number of carbonyl (C=O) groups is 2. The van der Waals surface area contributed by atoms with Crippen LogP contribution >= 0.6 is 11.3 Å². The van der Waals surface area contributed by atoms with Gasteiger partial charge in [-0.3, -0.25) is 9.59 Å². The average molecular weight is 440 g/mol. The second-order valence-electron chi connectivity index (χ2n) is 6.98. The Bertz CT molecular complexity index is 1080. The first-order chi connectivity index (χ1) is 14.9. The van der Waals surface area contributed by atoms with Gasteiger partial charge in [0.15, 0.2) is 0 Å². The molecule has 0 unspecified atom stereocenters. The van der Waals surface area contributed by atoms with E-state index >= 15 is 0 Å². The van der Waals surface area contributed by atoms with Gasteiger partial charge >= 0.3 is 0 Å². The van der Waals surface area contributed by atoms with Crippen molar-refractivity contribution in [2.24, 2.45) is 0 Å². The highest BCUT2D eigenvalue weighted by atomic mass is 32.1. The Kier molecular flexibility index (Phi) is 7.25. The fourth-order valence-corrected chi connectivity index (χ4v) is 3.92. The predicted molar refractivity (Wildman–Crippen MR) is 121 cm³/mol. The van der Waals surface area contributed by atoms with Gasteiger partial charge in [0.2, 0.25) is 5.91 Å². The fourth-order valence-electron chi connectivity index (χ4n) is 2.94. The molecule has 0 aliphatic heterocycles. The van der Waals surface area contributed by atoms with Crippen molar-refractivity contribution in [3.05, 3.63) is 69.2 Å². The second-order valence-corrected chi connectivity index (χ2v) is 8.07. The number of carbonyl (C=O) groups excluding carboxylic acids is 2. The molecule has 162 valence electrons. The van der Waals surface area contributed by atoms with E-state index in [-0.39, 0.29) is 18.2 Å². The predicted octanol–water partition coefficient (Wildman–Crippen LogP) is 3.89. The molecule has 0 aliphatic carbocycles. The van der Waals surface area contributed by atoms with E-state index in [1.807, 2.05) is 31.2 Å². The molecule has 0 atom stereocenters. The van der Waals surface area contributed by atoms with Gasteiger partial charge in [0.05, 0.1) is 32.0 Å². The van der Waals surface area contributed by atoms with E-state index in [0.29, 0.717) is 39.3 Å². The van der Waals surface area contributed by atoms with Gasteiger partial charge in [0, 0.05) is 12.6 Å². The highest BCUT2D eigenvalue weighted by molar-refractivity contribution is 7.13. The van der Waals surface area contributed by atoms with Crippen molar-refractivity contribution in [1.82, 2.24) is 10.3 Å². The number of nitrogens with zero attached hydrogens (tertiary/aromatic N) is 1. The first-order valence-corrected chi connectivity index (χ1v) is 10.5. The summed E-state index contributed by atoms with van der Waals surface area (Å²) in [5.41, 5.74) is 3.34. The molecule has 2 N–H and O–H groups in total. The molecule has 0 bridgehead atoms. The number of thiazole rings is 1. The van der Waals surface area contributed by atoms with E-state index < -0.39 is 0 Å². The number of benzene rings is 2. The molecule has 2 amide bonds. The van der Waals surface area contributed by atoms with Crippen LogP contribution in [0.4, 0.5) is 5.69 Å². The minimum atomic E-state index is -0.246. The van der Waals surface area contributed by atoms with Crippen LogP contribution in [-0.4, -0.2) is 31.0 Å². The van der Waals surface area contributed by atoms with E-state index in [9.17, 15) is 9.59 Å². The van der Waals surface area contributed by atoms with E-state index in [1.54, 1.807) is 32.2 Å². The van der Waals surface area contributed by atoms with Crippen molar-refractivity contribution in [3.63, 3.8) is 0 Å². The lowest BCUT2D eigenvalue weighted by atomic mass is 10.1. The molecule has 0 fully saturated rings. The summed E-state index contributed by atoms with van der Waals surface area (Å²) in [6, 6.07) is 13.1. The average Bonchev–Trinajstić information content (AvgIpc) is 3.13. The third-order valence-corrected chi connectivity index (χ3v) is 5.77. The van der Waals surface area contributed by atoms with Gasteiger partial charge in [-0.15, -0.1) is 11.3 Å². The van der Waals surface area contributed by atoms with E-state index in [0.717, 1.165) is 5.56 Å². The SMILES string of the molecule is COc1ccc(NC(=O)Cc2nc(C)c(C(=O)NCc3ccc(C)cc3)s2)c(OC)c1. The number of amides is 2. The molecule has 3 rings (SSSR count). The Labute approximate surface area is 185 Å². The molecule has 0 saturated carbocycles. The molecule has 0 aliphatic rings. The number of aromatic nitrogens is 1. The van der Waals surface area contributed by atoms with Gasteiger partial charge < -0.3 is 20.1 Å². The Morgan fingerprint density at radius 1 is 1.03 bits per heavy atom. The van der Waals surface area contributed by atoms with Crippen LogP contribution in [0.3, 0.4) is 0 Å². The van der Waals surface area contributed by atoms with Gasteiger partial charge in [0.25, 0.3) is 5.91 Å². The van der Waals surface area contributed by atoms with Gasteiger partial charge in [-0.25, -0.2) is 4.98 Å². The summed E-state index contributed by atoms with van der Waals surface area (Å²) in [6.45, 7) is 4.22. The summed E-state index contributed by atoms with van der Waals surface area (Å²) in [7, 11) is 3.09. The Morgan fingerprint density at radius 2 is 1.77 bits per heavy atom. The van der Waals surface area contributed by atoms with Crippen LogP contribution in [0.25, 0.3) is 0 Å². The Balaban J connectivity index is 1.61. The van der Waals surface area contributed by atoms with E-state index in [4.69, 9.17) is 9.47 Å². The summed E-state index contributed by atoms with van der Waals surface area (Å²) in [4.78, 5) is 30.0.